The van der Waals surface area contributed by atoms with E-state index in [2.05, 4.69) is 33.9 Å². The molecule has 1 unspecified atom stereocenters. The van der Waals surface area contributed by atoms with E-state index in [1.807, 2.05) is 27.7 Å². The van der Waals surface area contributed by atoms with Crippen molar-refractivity contribution in [1.82, 2.24) is 0 Å². The Morgan fingerprint density at radius 2 is 1.67 bits per heavy atom. The van der Waals surface area contributed by atoms with E-state index in [-0.39, 0.29) is 28.9 Å². The van der Waals surface area contributed by atoms with Gasteiger partial charge in [0.2, 0.25) is 0 Å². The van der Waals surface area contributed by atoms with Crippen LogP contribution in [0, 0.1) is 11.8 Å². The van der Waals surface area contributed by atoms with Gasteiger partial charge in [0, 0.05) is 12.5 Å². The van der Waals surface area contributed by atoms with Gasteiger partial charge in [0.25, 0.3) is 0 Å². The van der Waals surface area contributed by atoms with Gasteiger partial charge in [-0.25, -0.2) is 0 Å². The molecule has 0 amide bonds. The molecule has 0 spiro atoms. The topological polar surface area (TPSA) is 58.6 Å². The standard InChI is InChI=1S/C19H37O4Si/c1-13-14(11-17(21)22-18(2,3)4)10-15(12-16(13)20)23-24(8,9)19(5,6)7/h13-16H,10-12H2,1-9H3/q-1/t13-,14?,15-,16-/m1/s1. The van der Waals surface area contributed by atoms with Gasteiger partial charge in [0.1, 0.15) is 5.60 Å². The van der Waals surface area contributed by atoms with Gasteiger partial charge < -0.3 is 14.3 Å². The molecule has 4 atom stereocenters. The van der Waals surface area contributed by atoms with Crippen LogP contribution in [0.1, 0.15) is 67.7 Å². The second-order valence-electron chi connectivity index (χ2n) is 9.92. The van der Waals surface area contributed by atoms with Crippen molar-refractivity contribution in [2.24, 2.45) is 11.8 Å². The first-order valence-corrected chi connectivity index (χ1v) is 12.1. The third-order valence-corrected chi connectivity index (χ3v) is 10.0. The molecular weight excluding hydrogens is 320 g/mol. The van der Waals surface area contributed by atoms with Gasteiger partial charge in [-0.2, -0.15) is 0 Å². The molecule has 0 aliphatic heterocycles. The second-order valence-corrected chi connectivity index (χ2v) is 14.7. The van der Waals surface area contributed by atoms with Crippen molar-refractivity contribution in [3.63, 3.8) is 0 Å². The molecule has 0 radical (unpaired) electrons. The molecule has 142 valence electrons. The molecule has 0 aromatic carbocycles. The maximum atomic E-state index is 12.5. The fourth-order valence-corrected chi connectivity index (χ4v) is 4.36. The predicted molar refractivity (Wildman–Crippen MR) is 98.2 cm³/mol. The van der Waals surface area contributed by atoms with E-state index >= 15 is 0 Å². The monoisotopic (exact) mass is 357 g/mol. The Balaban J connectivity index is 2.75. The van der Waals surface area contributed by atoms with Crippen molar-refractivity contribution in [1.29, 1.82) is 0 Å². The minimum Gasteiger partial charge on any atom is -0.852 e. The van der Waals surface area contributed by atoms with E-state index in [0.29, 0.717) is 12.8 Å². The summed E-state index contributed by atoms with van der Waals surface area (Å²) in [7, 11) is -1.91. The molecular formula is C19H37O4Si-. The van der Waals surface area contributed by atoms with Crippen molar-refractivity contribution in [2.75, 3.05) is 0 Å². The Labute approximate surface area is 149 Å². The largest absolute Gasteiger partial charge is 0.852 e. The first-order chi connectivity index (χ1) is 10.6. The lowest BCUT2D eigenvalue weighted by molar-refractivity contribution is -0.443. The van der Waals surface area contributed by atoms with E-state index in [1.165, 1.54) is 0 Å². The average Bonchev–Trinajstić information content (AvgIpc) is 2.30. The van der Waals surface area contributed by atoms with Gasteiger partial charge >= 0.3 is 5.97 Å². The maximum absolute atomic E-state index is 12.5. The fraction of sp³-hybridized carbons (Fsp3) is 0.947. The molecule has 1 aliphatic rings. The molecule has 1 fully saturated rings. The average molecular weight is 358 g/mol. The number of carbonyl (C=O) groups is 1. The number of carbonyl (C=O) groups excluding carboxylic acids is 1. The van der Waals surface area contributed by atoms with Gasteiger partial charge in [0.05, 0.1) is 0 Å². The Morgan fingerprint density at radius 3 is 2.12 bits per heavy atom. The third kappa shape index (κ3) is 6.16. The highest BCUT2D eigenvalue weighted by Crippen LogP contribution is 2.41. The molecule has 0 saturated heterocycles. The van der Waals surface area contributed by atoms with E-state index in [1.54, 1.807) is 0 Å². The molecule has 0 aromatic heterocycles. The Bertz CT molecular complexity index is 434. The van der Waals surface area contributed by atoms with Crippen molar-refractivity contribution in [3.05, 3.63) is 0 Å². The van der Waals surface area contributed by atoms with Gasteiger partial charge in [-0.1, -0.05) is 33.6 Å². The van der Waals surface area contributed by atoms with Gasteiger partial charge in [0.15, 0.2) is 8.32 Å². The van der Waals surface area contributed by atoms with Crippen molar-refractivity contribution in [3.8, 4) is 0 Å². The lowest BCUT2D eigenvalue weighted by Crippen LogP contribution is -2.51. The lowest BCUT2D eigenvalue weighted by atomic mass is 9.75. The Morgan fingerprint density at radius 1 is 1.12 bits per heavy atom. The highest BCUT2D eigenvalue weighted by Gasteiger charge is 2.41. The summed E-state index contributed by atoms with van der Waals surface area (Å²) in [4.78, 5) is 12.2. The number of rotatable bonds is 4. The SMILES string of the molecule is C[C@@H]1C(CC(=O)OC(C)(C)C)C[C@@H](O[Si](C)(C)C(C)(C)C)C[C@H]1[O-]. The van der Waals surface area contributed by atoms with Crippen LogP contribution in [-0.2, 0) is 14.0 Å². The molecule has 0 bridgehead atoms. The van der Waals surface area contributed by atoms with Crippen LogP contribution < -0.4 is 5.11 Å². The van der Waals surface area contributed by atoms with Crippen LogP contribution in [0.3, 0.4) is 0 Å². The Hall–Kier alpha value is -0.393. The summed E-state index contributed by atoms with van der Waals surface area (Å²) < 4.78 is 11.9. The quantitative estimate of drug-likeness (QED) is 0.566. The minimum atomic E-state index is -1.91. The van der Waals surface area contributed by atoms with Gasteiger partial charge in [-0.15, -0.1) is 6.10 Å². The summed E-state index contributed by atoms with van der Waals surface area (Å²) in [6, 6.07) is 0. The summed E-state index contributed by atoms with van der Waals surface area (Å²) in [5.41, 5.74) is -0.483. The minimum absolute atomic E-state index is 0.0169. The maximum Gasteiger partial charge on any atom is 0.306 e. The van der Waals surface area contributed by atoms with Crippen LogP contribution in [0.4, 0.5) is 0 Å². The normalized spacial score (nSPS) is 29.4. The molecule has 1 rings (SSSR count). The smallest absolute Gasteiger partial charge is 0.306 e. The summed E-state index contributed by atoms with van der Waals surface area (Å²) in [5, 5.41) is 12.6. The number of esters is 1. The third-order valence-electron chi connectivity index (χ3n) is 5.51. The molecule has 0 aromatic rings. The summed E-state index contributed by atoms with van der Waals surface area (Å²) in [6.45, 7) is 18.6. The molecule has 5 heteroatoms. The fourth-order valence-electron chi connectivity index (χ4n) is 2.98. The van der Waals surface area contributed by atoms with Crippen LogP contribution in [0.15, 0.2) is 0 Å². The van der Waals surface area contributed by atoms with Crippen LogP contribution in [0.5, 0.6) is 0 Å². The van der Waals surface area contributed by atoms with Crippen LogP contribution >= 0.6 is 0 Å². The number of ether oxygens (including phenoxy) is 1. The van der Waals surface area contributed by atoms with E-state index < -0.39 is 20.0 Å². The van der Waals surface area contributed by atoms with E-state index in [9.17, 15) is 9.90 Å². The zero-order valence-electron chi connectivity index (χ0n) is 17.1. The molecule has 1 saturated carbocycles. The highest BCUT2D eigenvalue weighted by molar-refractivity contribution is 6.74. The van der Waals surface area contributed by atoms with Crippen molar-refractivity contribution >= 4 is 14.3 Å². The highest BCUT2D eigenvalue weighted by atomic mass is 28.4. The van der Waals surface area contributed by atoms with E-state index in [0.717, 1.165) is 6.42 Å². The summed E-state index contributed by atoms with van der Waals surface area (Å²) in [5.74, 6) is -0.179. The van der Waals surface area contributed by atoms with Crippen LogP contribution in [-0.4, -0.2) is 32.1 Å². The number of hydrogen-bond acceptors (Lipinski definition) is 4. The molecule has 24 heavy (non-hydrogen) atoms. The first-order valence-electron chi connectivity index (χ1n) is 9.18. The molecule has 4 nitrogen and oxygen atoms in total. The van der Waals surface area contributed by atoms with Crippen LogP contribution in [0.2, 0.25) is 18.1 Å². The zero-order valence-corrected chi connectivity index (χ0v) is 18.1. The lowest BCUT2D eigenvalue weighted by Gasteiger charge is -2.48. The second kappa shape index (κ2) is 7.46. The Kier molecular flexibility index (Phi) is 6.73. The van der Waals surface area contributed by atoms with Crippen molar-refractivity contribution in [2.45, 2.75) is 104 Å². The van der Waals surface area contributed by atoms with E-state index in [4.69, 9.17) is 9.16 Å². The molecule has 1 aliphatic carbocycles. The molecule has 0 N–H and O–H groups in total. The van der Waals surface area contributed by atoms with Gasteiger partial charge in [-0.3, -0.25) is 4.79 Å². The predicted octanol–water partition coefficient (Wildman–Crippen LogP) is 3.88. The first kappa shape index (κ1) is 21.6. The zero-order chi connectivity index (χ0) is 18.9. The number of hydrogen-bond donors (Lipinski definition) is 0. The summed E-state index contributed by atoms with van der Waals surface area (Å²) in [6.07, 6.45) is 0.955. The van der Waals surface area contributed by atoms with Gasteiger partial charge in [-0.05, 0) is 57.7 Å². The van der Waals surface area contributed by atoms with Crippen LogP contribution in [0.25, 0.3) is 0 Å². The van der Waals surface area contributed by atoms with Crippen molar-refractivity contribution < 1.29 is 19.1 Å². The molecule has 0 heterocycles. The summed E-state index contributed by atoms with van der Waals surface area (Å²) >= 11 is 0.